The van der Waals surface area contributed by atoms with Crippen LogP contribution < -0.4 is 18.7 Å². The third-order valence-electron chi connectivity index (χ3n) is 3.86. The van der Waals surface area contributed by atoms with E-state index in [-0.39, 0.29) is 6.79 Å². The van der Waals surface area contributed by atoms with E-state index in [9.17, 15) is 4.57 Å². The maximum absolute atomic E-state index is 10.8. The number of rotatable bonds is 5. The minimum atomic E-state index is -3.04. The fourth-order valence-electron chi connectivity index (χ4n) is 2.72. The Bertz CT molecular complexity index is 968. The Balaban J connectivity index is 1.73. The SMILES string of the molecule is COc1cc(-c2oncc2-c2ccc(O[PH](=O)O)cc2)cc2c1OCO2. The van der Waals surface area contributed by atoms with E-state index in [4.69, 9.17) is 28.2 Å². The molecule has 4 rings (SSSR count). The molecule has 0 saturated carbocycles. The summed E-state index contributed by atoms with van der Waals surface area (Å²) < 4.78 is 37.2. The predicted octanol–water partition coefficient (Wildman–Crippen LogP) is 3.51. The smallest absolute Gasteiger partial charge is 0.365 e. The van der Waals surface area contributed by atoms with E-state index in [1.165, 1.54) is 0 Å². The first-order valence-corrected chi connectivity index (χ1v) is 8.86. The lowest BCUT2D eigenvalue weighted by atomic mass is 10.0. The van der Waals surface area contributed by atoms with E-state index in [2.05, 4.69) is 5.16 Å². The Morgan fingerprint density at radius 2 is 1.96 bits per heavy atom. The van der Waals surface area contributed by atoms with Crippen LogP contribution in [0.4, 0.5) is 0 Å². The van der Waals surface area contributed by atoms with Crippen molar-refractivity contribution >= 4 is 8.25 Å². The molecule has 26 heavy (non-hydrogen) atoms. The predicted molar refractivity (Wildman–Crippen MR) is 91.9 cm³/mol. The molecule has 1 aliphatic rings. The zero-order valence-corrected chi connectivity index (χ0v) is 14.6. The molecule has 1 aromatic heterocycles. The van der Waals surface area contributed by atoms with Crippen LogP contribution in [-0.4, -0.2) is 24.0 Å². The standard InChI is InChI=1S/C17H14NO7P/c1-21-14-6-11(7-15-17(14)23-9-22-15)16-13(8-18-24-16)10-2-4-12(5-3-10)25-26(19)20/h2-8,26H,9H2,1H3,(H,19,20). The van der Waals surface area contributed by atoms with Gasteiger partial charge in [-0.1, -0.05) is 17.3 Å². The quantitative estimate of drug-likeness (QED) is 0.676. The summed E-state index contributed by atoms with van der Waals surface area (Å²) in [7, 11) is -1.49. The fourth-order valence-corrected chi connectivity index (χ4v) is 3.06. The minimum absolute atomic E-state index is 0.133. The topological polar surface area (TPSA) is 100 Å². The van der Waals surface area contributed by atoms with Gasteiger partial charge in [0.05, 0.1) is 13.3 Å². The lowest BCUT2D eigenvalue weighted by Crippen LogP contribution is -1.93. The van der Waals surface area contributed by atoms with E-state index in [0.717, 1.165) is 16.7 Å². The van der Waals surface area contributed by atoms with E-state index >= 15 is 0 Å². The second-order valence-electron chi connectivity index (χ2n) is 5.37. The molecule has 0 fully saturated rings. The van der Waals surface area contributed by atoms with Crippen LogP contribution in [0, 0.1) is 0 Å². The highest BCUT2D eigenvalue weighted by Gasteiger charge is 2.23. The summed E-state index contributed by atoms with van der Waals surface area (Å²) in [4.78, 5) is 8.84. The Kier molecular flexibility index (Phi) is 4.28. The third kappa shape index (κ3) is 3.00. The first kappa shape index (κ1) is 16.5. The Hall–Kier alpha value is -2.96. The van der Waals surface area contributed by atoms with E-state index < -0.39 is 8.25 Å². The molecule has 1 aliphatic heterocycles. The van der Waals surface area contributed by atoms with Crippen LogP contribution in [0.25, 0.3) is 22.5 Å². The summed E-state index contributed by atoms with van der Waals surface area (Å²) in [5.74, 6) is 2.50. The monoisotopic (exact) mass is 375 g/mol. The number of nitrogens with zero attached hydrogens (tertiary/aromatic N) is 1. The number of hydrogen-bond donors (Lipinski definition) is 1. The zero-order chi connectivity index (χ0) is 18.1. The van der Waals surface area contributed by atoms with Crippen molar-refractivity contribution < 1.29 is 32.7 Å². The van der Waals surface area contributed by atoms with Crippen molar-refractivity contribution in [2.24, 2.45) is 0 Å². The van der Waals surface area contributed by atoms with Crippen molar-refractivity contribution in [3.05, 3.63) is 42.6 Å². The molecule has 0 spiro atoms. The van der Waals surface area contributed by atoms with Gasteiger partial charge < -0.3 is 28.2 Å². The number of fused-ring (bicyclic) bond motifs is 1. The normalized spacial score (nSPS) is 13.5. The van der Waals surface area contributed by atoms with Gasteiger partial charge in [0.1, 0.15) is 5.75 Å². The number of aromatic nitrogens is 1. The molecule has 134 valence electrons. The molecule has 3 aromatic rings. The van der Waals surface area contributed by atoms with Crippen LogP contribution in [0.5, 0.6) is 23.0 Å². The molecule has 0 bridgehead atoms. The highest BCUT2D eigenvalue weighted by atomic mass is 31.1. The minimum Gasteiger partial charge on any atom is -0.493 e. The van der Waals surface area contributed by atoms with Crippen molar-refractivity contribution in [1.29, 1.82) is 0 Å². The summed E-state index contributed by atoms with van der Waals surface area (Å²) in [5.41, 5.74) is 2.27. The first-order chi connectivity index (χ1) is 12.7. The first-order valence-electron chi connectivity index (χ1n) is 7.59. The summed E-state index contributed by atoms with van der Waals surface area (Å²) in [5, 5.41) is 3.89. The molecule has 2 aromatic carbocycles. The number of hydrogen-bond acceptors (Lipinski definition) is 7. The van der Waals surface area contributed by atoms with Gasteiger partial charge in [-0.05, 0) is 29.8 Å². The number of ether oxygens (including phenoxy) is 3. The molecule has 0 amide bonds. The van der Waals surface area contributed by atoms with Crippen LogP contribution in [0.1, 0.15) is 0 Å². The van der Waals surface area contributed by atoms with Crippen molar-refractivity contribution in [2.75, 3.05) is 13.9 Å². The molecule has 0 saturated heterocycles. The van der Waals surface area contributed by atoms with Gasteiger partial charge in [-0.15, -0.1) is 0 Å². The van der Waals surface area contributed by atoms with Crippen LogP contribution >= 0.6 is 8.25 Å². The molecular weight excluding hydrogens is 361 g/mol. The van der Waals surface area contributed by atoms with Gasteiger partial charge in [0.2, 0.25) is 12.5 Å². The largest absolute Gasteiger partial charge is 0.493 e. The molecular formula is C17H14NO7P. The molecule has 0 radical (unpaired) electrons. The van der Waals surface area contributed by atoms with Crippen LogP contribution in [0.15, 0.2) is 47.1 Å². The lowest BCUT2D eigenvalue weighted by Gasteiger charge is -2.08. The molecule has 1 atom stereocenters. The summed E-state index contributed by atoms with van der Waals surface area (Å²) >= 11 is 0. The summed E-state index contributed by atoms with van der Waals surface area (Å²) in [6.45, 7) is 0.133. The second-order valence-corrected chi connectivity index (χ2v) is 6.11. The van der Waals surface area contributed by atoms with Crippen LogP contribution in [0.2, 0.25) is 0 Å². The average molecular weight is 375 g/mol. The fraction of sp³-hybridized carbons (Fsp3) is 0.118. The molecule has 0 aliphatic carbocycles. The highest BCUT2D eigenvalue weighted by molar-refractivity contribution is 7.32. The zero-order valence-electron chi connectivity index (χ0n) is 13.6. The number of methoxy groups -OCH3 is 1. The van der Waals surface area contributed by atoms with Crippen LogP contribution in [0.3, 0.4) is 0 Å². The Morgan fingerprint density at radius 1 is 1.15 bits per heavy atom. The van der Waals surface area contributed by atoms with Crippen molar-refractivity contribution in [2.45, 2.75) is 0 Å². The van der Waals surface area contributed by atoms with Crippen molar-refractivity contribution in [3.63, 3.8) is 0 Å². The highest BCUT2D eigenvalue weighted by Crippen LogP contribution is 2.45. The van der Waals surface area contributed by atoms with Gasteiger partial charge in [0.15, 0.2) is 17.3 Å². The Labute approximate surface area is 148 Å². The lowest BCUT2D eigenvalue weighted by molar-refractivity contribution is 0.171. The maximum Gasteiger partial charge on any atom is 0.365 e. The summed E-state index contributed by atoms with van der Waals surface area (Å²) in [6, 6.07) is 10.3. The molecule has 1 N–H and O–H groups in total. The summed E-state index contributed by atoms with van der Waals surface area (Å²) in [6.07, 6.45) is 1.59. The third-order valence-corrected chi connectivity index (χ3v) is 4.27. The van der Waals surface area contributed by atoms with Gasteiger partial charge in [-0.25, -0.2) is 4.57 Å². The van der Waals surface area contributed by atoms with E-state index in [1.54, 1.807) is 49.7 Å². The van der Waals surface area contributed by atoms with Crippen molar-refractivity contribution in [1.82, 2.24) is 5.16 Å². The van der Waals surface area contributed by atoms with Crippen LogP contribution in [-0.2, 0) is 4.57 Å². The second kappa shape index (κ2) is 6.74. The van der Waals surface area contributed by atoms with Crippen molar-refractivity contribution in [3.8, 4) is 45.4 Å². The molecule has 2 heterocycles. The number of benzene rings is 2. The Morgan fingerprint density at radius 3 is 2.69 bits per heavy atom. The molecule has 1 unspecified atom stereocenters. The van der Waals surface area contributed by atoms with E-state index in [0.29, 0.717) is 28.8 Å². The maximum atomic E-state index is 10.8. The van der Waals surface area contributed by atoms with Gasteiger partial charge in [-0.3, -0.25) is 0 Å². The molecule has 9 heteroatoms. The van der Waals surface area contributed by atoms with Gasteiger partial charge in [-0.2, -0.15) is 0 Å². The van der Waals surface area contributed by atoms with Gasteiger partial charge >= 0.3 is 8.25 Å². The van der Waals surface area contributed by atoms with Gasteiger partial charge in [0.25, 0.3) is 0 Å². The average Bonchev–Trinajstić information content (AvgIpc) is 3.30. The van der Waals surface area contributed by atoms with Gasteiger partial charge in [0, 0.05) is 11.1 Å². The van der Waals surface area contributed by atoms with E-state index in [1.807, 2.05) is 0 Å². The molecule has 8 nitrogen and oxygen atoms in total.